The summed E-state index contributed by atoms with van der Waals surface area (Å²) in [7, 11) is 1.98. The maximum absolute atomic E-state index is 4.75. The fourth-order valence-electron chi connectivity index (χ4n) is 2.55. The number of rotatable bonds is 5. The molecule has 0 fully saturated rings. The Morgan fingerprint density at radius 1 is 1.00 bits per heavy atom. The van der Waals surface area contributed by atoms with Gasteiger partial charge in [0.2, 0.25) is 0 Å². The normalized spacial score (nSPS) is 11.1. The average Bonchev–Trinajstić information content (AvgIpc) is 2.86. The third kappa shape index (κ3) is 2.45. The molecule has 1 heterocycles. The van der Waals surface area contributed by atoms with Crippen molar-refractivity contribution in [2.45, 2.75) is 13.0 Å². The second kappa shape index (κ2) is 5.88. The molecular weight excluding hydrogens is 246 g/mol. The second-order valence-corrected chi connectivity index (χ2v) is 4.91. The molecule has 0 saturated carbocycles. The van der Waals surface area contributed by atoms with Crippen molar-refractivity contribution in [3.05, 3.63) is 54.6 Å². The third-order valence-electron chi connectivity index (χ3n) is 3.49. The first-order valence-corrected chi connectivity index (χ1v) is 7.06. The van der Waals surface area contributed by atoms with Crippen molar-refractivity contribution in [2.24, 2.45) is 0 Å². The summed E-state index contributed by atoms with van der Waals surface area (Å²) in [6.07, 6.45) is 1.07. The van der Waals surface area contributed by atoms with Crippen molar-refractivity contribution < 1.29 is 0 Å². The number of aryl methyl sites for hydroxylation is 1. The Morgan fingerprint density at radius 3 is 2.55 bits per heavy atom. The molecule has 0 aliphatic carbocycles. The molecule has 0 atom stereocenters. The highest BCUT2D eigenvalue weighted by molar-refractivity contribution is 5.93. The molecule has 3 aromatic rings. The Bertz CT molecular complexity index is 686. The quantitative estimate of drug-likeness (QED) is 0.717. The van der Waals surface area contributed by atoms with Crippen LogP contribution in [0.5, 0.6) is 0 Å². The Labute approximate surface area is 119 Å². The Morgan fingerprint density at radius 2 is 1.75 bits per heavy atom. The molecule has 0 amide bonds. The molecule has 0 unspecified atom stereocenters. The lowest BCUT2D eigenvalue weighted by Crippen LogP contribution is -2.12. The summed E-state index contributed by atoms with van der Waals surface area (Å²) in [6.45, 7) is 1.93. The van der Waals surface area contributed by atoms with Gasteiger partial charge in [0.05, 0.1) is 11.2 Å². The monoisotopic (exact) mass is 265 g/mol. The minimum absolute atomic E-state index is 0.930. The van der Waals surface area contributed by atoms with E-state index in [1.807, 2.05) is 19.2 Å². The van der Waals surface area contributed by atoms with Crippen LogP contribution in [-0.4, -0.2) is 23.4 Å². The third-order valence-corrected chi connectivity index (χ3v) is 3.49. The molecular formula is C17H19N3. The predicted molar refractivity (Wildman–Crippen MR) is 83.7 cm³/mol. The zero-order valence-corrected chi connectivity index (χ0v) is 11.7. The zero-order chi connectivity index (χ0) is 13.8. The smallest absolute Gasteiger partial charge is 0.0929 e. The van der Waals surface area contributed by atoms with Crippen molar-refractivity contribution >= 4 is 10.9 Å². The molecule has 0 saturated heterocycles. The largest absolute Gasteiger partial charge is 0.320 e. The highest BCUT2D eigenvalue weighted by Gasteiger charge is 2.11. The van der Waals surface area contributed by atoms with Crippen LogP contribution in [0.1, 0.15) is 6.42 Å². The molecule has 0 aliphatic rings. The fourth-order valence-corrected chi connectivity index (χ4v) is 2.55. The van der Waals surface area contributed by atoms with Gasteiger partial charge in [0.25, 0.3) is 0 Å². The summed E-state index contributed by atoms with van der Waals surface area (Å²) < 4.78 is 2.14. The number of aromatic nitrogens is 2. The van der Waals surface area contributed by atoms with E-state index in [1.165, 1.54) is 16.6 Å². The van der Waals surface area contributed by atoms with Crippen LogP contribution in [0.3, 0.4) is 0 Å². The van der Waals surface area contributed by atoms with Gasteiger partial charge in [-0.25, -0.2) is 0 Å². The summed E-state index contributed by atoms with van der Waals surface area (Å²) in [4.78, 5) is 0. The number of hydrogen-bond donors (Lipinski definition) is 1. The van der Waals surface area contributed by atoms with E-state index in [2.05, 4.69) is 52.5 Å². The van der Waals surface area contributed by atoms with Crippen LogP contribution in [-0.2, 0) is 6.54 Å². The van der Waals surface area contributed by atoms with Gasteiger partial charge in [-0.15, -0.1) is 0 Å². The second-order valence-electron chi connectivity index (χ2n) is 4.91. The van der Waals surface area contributed by atoms with Crippen LogP contribution in [0, 0.1) is 0 Å². The maximum atomic E-state index is 4.75. The lowest BCUT2D eigenvalue weighted by molar-refractivity contribution is 0.571. The standard InChI is InChI=1S/C17H19N3/c1-18-12-7-13-20-17(14-8-3-2-4-9-14)15-10-5-6-11-16(15)19-20/h2-6,8-11,18H,7,12-13H2,1H3. The molecule has 3 heteroatoms. The molecule has 0 spiro atoms. The summed E-state index contributed by atoms with van der Waals surface area (Å²) >= 11 is 0. The molecule has 1 aromatic heterocycles. The minimum Gasteiger partial charge on any atom is -0.320 e. The number of fused-ring (bicyclic) bond motifs is 1. The molecule has 20 heavy (non-hydrogen) atoms. The van der Waals surface area contributed by atoms with Crippen LogP contribution >= 0.6 is 0 Å². The molecule has 0 aliphatic heterocycles. The van der Waals surface area contributed by atoms with Crippen molar-refractivity contribution in [3.8, 4) is 11.3 Å². The van der Waals surface area contributed by atoms with E-state index in [4.69, 9.17) is 5.10 Å². The highest BCUT2D eigenvalue weighted by atomic mass is 15.3. The minimum atomic E-state index is 0.930. The summed E-state index contributed by atoms with van der Waals surface area (Å²) in [5.74, 6) is 0. The van der Waals surface area contributed by atoms with Gasteiger partial charge in [0.1, 0.15) is 0 Å². The van der Waals surface area contributed by atoms with E-state index in [0.717, 1.165) is 25.0 Å². The topological polar surface area (TPSA) is 29.9 Å². The highest BCUT2D eigenvalue weighted by Crippen LogP contribution is 2.28. The van der Waals surface area contributed by atoms with Gasteiger partial charge in [0, 0.05) is 17.5 Å². The van der Waals surface area contributed by atoms with Crippen LogP contribution < -0.4 is 5.32 Å². The van der Waals surface area contributed by atoms with Crippen molar-refractivity contribution in [3.63, 3.8) is 0 Å². The number of benzene rings is 2. The van der Waals surface area contributed by atoms with Crippen LogP contribution in [0.4, 0.5) is 0 Å². The lowest BCUT2D eigenvalue weighted by Gasteiger charge is -2.08. The molecule has 0 radical (unpaired) electrons. The average molecular weight is 265 g/mol. The predicted octanol–water partition coefficient (Wildman–Crippen LogP) is 3.31. The Kier molecular flexibility index (Phi) is 3.79. The van der Waals surface area contributed by atoms with Gasteiger partial charge < -0.3 is 5.32 Å². The van der Waals surface area contributed by atoms with Gasteiger partial charge in [-0.1, -0.05) is 48.5 Å². The molecule has 3 rings (SSSR count). The Balaban J connectivity index is 2.09. The maximum Gasteiger partial charge on any atom is 0.0929 e. The molecule has 2 aromatic carbocycles. The fraction of sp³-hybridized carbons (Fsp3) is 0.235. The summed E-state index contributed by atoms with van der Waals surface area (Å²) in [5, 5.41) is 9.16. The summed E-state index contributed by atoms with van der Waals surface area (Å²) in [6, 6.07) is 18.9. The number of nitrogens with zero attached hydrogens (tertiary/aromatic N) is 2. The van der Waals surface area contributed by atoms with E-state index < -0.39 is 0 Å². The van der Waals surface area contributed by atoms with E-state index in [0.29, 0.717) is 0 Å². The van der Waals surface area contributed by atoms with Crippen molar-refractivity contribution in [1.29, 1.82) is 0 Å². The molecule has 0 bridgehead atoms. The van der Waals surface area contributed by atoms with Gasteiger partial charge in [0.15, 0.2) is 0 Å². The first-order valence-electron chi connectivity index (χ1n) is 7.06. The van der Waals surface area contributed by atoms with E-state index in [-0.39, 0.29) is 0 Å². The lowest BCUT2D eigenvalue weighted by atomic mass is 10.1. The van der Waals surface area contributed by atoms with Crippen LogP contribution in [0.15, 0.2) is 54.6 Å². The van der Waals surface area contributed by atoms with Gasteiger partial charge >= 0.3 is 0 Å². The molecule has 102 valence electrons. The number of hydrogen-bond acceptors (Lipinski definition) is 2. The Hall–Kier alpha value is -2.13. The van der Waals surface area contributed by atoms with Gasteiger partial charge in [-0.3, -0.25) is 4.68 Å². The van der Waals surface area contributed by atoms with Crippen molar-refractivity contribution in [2.75, 3.05) is 13.6 Å². The molecule has 1 N–H and O–H groups in total. The summed E-state index contributed by atoms with van der Waals surface area (Å²) in [5.41, 5.74) is 3.51. The van der Waals surface area contributed by atoms with Crippen LogP contribution in [0.25, 0.3) is 22.2 Å². The van der Waals surface area contributed by atoms with E-state index in [9.17, 15) is 0 Å². The van der Waals surface area contributed by atoms with Gasteiger partial charge in [-0.2, -0.15) is 5.10 Å². The SMILES string of the molecule is CNCCCn1nc2ccccc2c1-c1ccccc1. The van der Waals surface area contributed by atoms with E-state index >= 15 is 0 Å². The van der Waals surface area contributed by atoms with Gasteiger partial charge in [-0.05, 0) is 26.1 Å². The first-order chi connectivity index (χ1) is 9.90. The van der Waals surface area contributed by atoms with E-state index in [1.54, 1.807) is 0 Å². The zero-order valence-electron chi connectivity index (χ0n) is 11.7. The number of nitrogens with one attached hydrogen (secondary N) is 1. The van der Waals surface area contributed by atoms with Crippen molar-refractivity contribution in [1.82, 2.24) is 15.1 Å². The van der Waals surface area contributed by atoms with Crippen LogP contribution in [0.2, 0.25) is 0 Å². The molecule has 3 nitrogen and oxygen atoms in total. The first kappa shape index (κ1) is 12.9.